The summed E-state index contributed by atoms with van der Waals surface area (Å²) in [5.74, 6) is 3.27. The van der Waals surface area contributed by atoms with E-state index in [1.807, 2.05) is 24.4 Å². The summed E-state index contributed by atoms with van der Waals surface area (Å²) in [6.45, 7) is 10.1. The maximum absolute atomic E-state index is 12.0. The van der Waals surface area contributed by atoms with Gasteiger partial charge in [-0.15, -0.1) is 10.2 Å². The molecule has 3 heterocycles. The van der Waals surface area contributed by atoms with Crippen LogP contribution in [0.3, 0.4) is 0 Å². The minimum Gasteiger partial charge on any atom is -0.372 e. The van der Waals surface area contributed by atoms with E-state index in [-0.39, 0.29) is 11.3 Å². The minimum atomic E-state index is -0.0248. The average molecular weight is 491 g/mol. The highest BCUT2D eigenvalue weighted by Gasteiger charge is 2.27. The van der Waals surface area contributed by atoms with Crippen LogP contribution in [-0.2, 0) is 22.7 Å². The summed E-state index contributed by atoms with van der Waals surface area (Å²) in [6, 6.07) is 16.5. The summed E-state index contributed by atoms with van der Waals surface area (Å²) < 4.78 is 8.12. The van der Waals surface area contributed by atoms with Crippen molar-refractivity contribution >= 4 is 11.7 Å². The van der Waals surface area contributed by atoms with Gasteiger partial charge in [0.05, 0.1) is 13.2 Å². The standard InChI is InChI=1S/C28H38N6O2/c1-28(2,3)19-26(35)30-15-18-36-21-25-31-32-27(34(25)20-22-9-5-4-6-10-22)23-12-16-33(17-13-23)24-11-7-8-14-29-24/h4-11,14,23H,12-13,15-21H2,1-3H3,(H,30,35). The summed E-state index contributed by atoms with van der Waals surface area (Å²) in [6.07, 6.45) is 4.36. The summed E-state index contributed by atoms with van der Waals surface area (Å²) in [4.78, 5) is 18.9. The van der Waals surface area contributed by atoms with Crippen LogP contribution in [0.25, 0.3) is 0 Å². The molecule has 0 spiro atoms. The van der Waals surface area contributed by atoms with Crippen LogP contribution >= 0.6 is 0 Å². The van der Waals surface area contributed by atoms with Crippen LogP contribution in [0.4, 0.5) is 5.82 Å². The zero-order valence-corrected chi connectivity index (χ0v) is 21.7. The molecule has 1 N–H and O–H groups in total. The van der Waals surface area contributed by atoms with E-state index in [0.717, 1.165) is 43.4 Å². The van der Waals surface area contributed by atoms with Gasteiger partial charge < -0.3 is 19.5 Å². The van der Waals surface area contributed by atoms with E-state index in [2.05, 4.69) is 81.1 Å². The number of hydrogen-bond acceptors (Lipinski definition) is 6. The molecule has 1 amide bonds. The van der Waals surface area contributed by atoms with Crippen LogP contribution in [0.2, 0.25) is 0 Å². The fourth-order valence-corrected chi connectivity index (χ4v) is 4.57. The molecule has 36 heavy (non-hydrogen) atoms. The predicted molar refractivity (Wildman–Crippen MR) is 141 cm³/mol. The Hall–Kier alpha value is -3.26. The quantitative estimate of drug-likeness (QED) is 0.429. The van der Waals surface area contributed by atoms with Gasteiger partial charge in [0.1, 0.15) is 18.2 Å². The van der Waals surface area contributed by atoms with E-state index < -0.39 is 0 Å². The van der Waals surface area contributed by atoms with Crippen molar-refractivity contribution in [2.24, 2.45) is 5.41 Å². The third-order valence-corrected chi connectivity index (χ3v) is 6.36. The molecule has 8 nitrogen and oxygen atoms in total. The van der Waals surface area contributed by atoms with Gasteiger partial charge in [-0.05, 0) is 36.0 Å². The lowest BCUT2D eigenvalue weighted by Gasteiger charge is -2.32. The molecule has 1 aliphatic heterocycles. The number of nitrogens with zero attached hydrogens (tertiary/aromatic N) is 5. The largest absolute Gasteiger partial charge is 0.372 e. The fourth-order valence-electron chi connectivity index (χ4n) is 4.57. The molecular weight excluding hydrogens is 452 g/mol. The second-order valence-electron chi connectivity index (χ2n) is 10.6. The Bertz CT molecular complexity index is 1090. The van der Waals surface area contributed by atoms with Crippen molar-refractivity contribution in [2.75, 3.05) is 31.1 Å². The van der Waals surface area contributed by atoms with E-state index in [1.54, 1.807) is 0 Å². The molecule has 0 radical (unpaired) electrons. The topological polar surface area (TPSA) is 85.2 Å². The number of hydrogen-bond donors (Lipinski definition) is 1. The Balaban J connectivity index is 1.37. The highest BCUT2D eigenvalue weighted by molar-refractivity contribution is 5.76. The number of benzene rings is 1. The Labute approximate surface area is 214 Å². The van der Waals surface area contributed by atoms with Gasteiger partial charge in [0, 0.05) is 38.2 Å². The third kappa shape index (κ3) is 7.37. The molecule has 8 heteroatoms. The van der Waals surface area contributed by atoms with Gasteiger partial charge in [-0.1, -0.05) is 57.2 Å². The lowest BCUT2D eigenvalue weighted by Crippen LogP contribution is -2.34. The molecule has 1 aliphatic rings. The number of pyridine rings is 1. The molecule has 1 aromatic carbocycles. The molecule has 0 saturated carbocycles. The van der Waals surface area contributed by atoms with E-state index in [9.17, 15) is 4.79 Å². The molecule has 1 fully saturated rings. The molecule has 4 rings (SSSR count). The van der Waals surface area contributed by atoms with Crippen LogP contribution in [0, 0.1) is 5.41 Å². The van der Waals surface area contributed by atoms with Crippen molar-refractivity contribution in [2.45, 2.75) is 59.1 Å². The number of carbonyl (C=O) groups is 1. The number of piperidine rings is 1. The molecule has 0 bridgehead atoms. The number of nitrogens with one attached hydrogen (secondary N) is 1. The molecule has 192 valence electrons. The van der Waals surface area contributed by atoms with E-state index in [0.29, 0.717) is 38.6 Å². The summed E-state index contributed by atoms with van der Waals surface area (Å²) in [5, 5.41) is 12.1. The zero-order chi connectivity index (χ0) is 25.4. The van der Waals surface area contributed by atoms with Gasteiger partial charge in [-0.25, -0.2) is 4.98 Å². The second-order valence-corrected chi connectivity index (χ2v) is 10.6. The van der Waals surface area contributed by atoms with Crippen molar-refractivity contribution < 1.29 is 9.53 Å². The van der Waals surface area contributed by atoms with Gasteiger partial charge in [-0.2, -0.15) is 0 Å². The summed E-state index contributed by atoms with van der Waals surface area (Å²) in [5.41, 5.74) is 1.18. The van der Waals surface area contributed by atoms with Crippen molar-refractivity contribution in [3.05, 3.63) is 71.9 Å². The van der Waals surface area contributed by atoms with Crippen LogP contribution in [0.1, 0.15) is 63.2 Å². The van der Waals surface area contributed by atoms with Gasteiger partial charge in [-0.3, -0.25) is 4.79 Å². The minimum absolute atomic E-state index is 0.0248. The first-order valence-corrected chi connectivity index (χ1v) is 12.9. The third-order valence-electron chi connectivity index (χ3n) is 6.36. The average Bonchev–Trinajstić information content (AvgIpc) is 3.26. The first-order chi connectivity index (χ1) is 17.4. The first kappa shape index (κ1) is 25.8. The van der Waals surface area contributed by atoms with Gasteiger partial charge in [0.15, 0.2) is 5.82 Å². The highest BCUT2D eigenvalue weighted by Crippen LogP contribution is 2.29. The molecule has 0 atom stereocenters. The van der Waals surface area contributed by atoms with Gasteiger partial charge in [0.2, 0.25) is 5.91 Å². The Morgan fingerprint density at radius 1 is 1.06 bits per heavy atom. The normalized spacial score (nSPS) is 14.7. The number of rotatable bonds is 10. The maximum Gasteiger partial charge on any atom is 0.220 e. The fraction of sp³-hybridized carbons (Fsp3) is 0.500. The molecule has 1 saturated heterocycles. The molecule has 0 unspecified atom stereocenters. The molecule has 0 aliphatic carbocycles. The lowest BCUT2D eigenvalue weighted by molar-refractivity contribution is -0.123. The van der Waals surface area contributed by atoms with Crippen molar-refractivity contribution in [3.63, 3.8) is 0 Å². The van der Waals surface area contributed by atoms with E-state index >= 15 is 0 Å². The van der Waals surface area contributed by atoms with Crippen molar-refractivity contribution in [3.8, 4) is 0 Å². The number of ether oxygens (including phenoxy) is 1. The Morgan fingerprint density at radius 3 is 2.50 bits per heavy atom. The number of anilines is 1. The van der Waals surface area contributed by atoms with Crippen LogP contribution in [-0.4, -0.2) is 51.9 Å². The van der Waals surface area contributed by atoms with Crippen molar-refractivity contribution in [1.29, 1.82) is 0 Å². The van der Waals surface area contributed by atoms with E-state index in [4.69, 9.17) is 4.74 Å². The smallest absolute Gasteiger partial charge is 0.220 e. The molecule has 2 aromatic heterocycles. The van der Waals surface area contributed by atoms with Crippen LogP contribution < -0.4 is 10.2 Å². The lowest BCUT2D eigenvalue weighted by atomic mass is 9.92. The Kier molecular flexibility index (Phi) is 8.70. The number of aromatic nitrogens is 4. The van der Waals surface area contributed by atoms with Crippen LogP contribution in [0.5, 0.6) is 0 Å². The van der Waals surface area contributed by atoms with E-state index in [1.165, 1.54) is 5.56 Å². The van der Waals surface area contributed by atoms with Crippen molar-refractivity contribution in [1.82, 2.24) is 25.1 Å². The van der Waals surface area contributed by atoms with Crippen LogP contribution in [0.15, 0.2) is 54.7 Å². The first-order valence-electron chi connectivity index (χ1n) is 12.9. The number of carbonyl (C=O) groups excluding carboxylic acids is 1. The second kappa shape index (κ2) is 12.1. The Morgan fingerprint density at radius 2 is 1.81 bits per heavy atom. The van der Waals surface area contributed by atoms with Gasteiger partial charge >= 0.3 is 0 Å². The molecule has 3 aromatic rings. The monoisotopic (exact) mass is 490 g/mol. The maximum atomic E-state index is 12.0. The highest BCUT2D eigenvalue weighted by atomic mass is 16.5. The predicted octanol–water partition coefficient (Wildman–Crippen LogP) is 4.17. The summed E-state index contributed by atoms with van der Waals surface area (Å²) >= 11 is 0. The number of amides is 1. The zero-order valence-electron chi connectivity index (χ0n) is 21.7. The summed E-state index contributed by atoms with van der Waals surface area (Å²) in [7, 11) is 0. The SMILES string of the molecule is CC(C)(C)CC(=O)NCCOCc1nnc(C2CCN(c3ccccn3)CC2)n1Cc1ccccc1. The van der Waals surface area contributed by atoms with Gasteiger partial charge in [0.25, 0.3) is 0 Å². The molecular formula is C28H38N6O2.